The quantitative estimate of drug-likeness (QED) is 0.0160. The van der Waals surface area contributed by atoms with Crippen molar-refractivity contribution in [2.75, 3.05) is 121 Å². The zero-order valence-corrected chi connectivity index (χ0v) is 87.8. The second-order valence-corrected chi connectivity index (χ2v) is 43.1. The van der Waals surface area contributed by atoms with Crippen molar-refractivity contribution in [2.24, 2.45) is 17.8 Å². The number of hydrogen-bond donors (Lipinski definition) is 9. The number of rotatable bonds is 57. The Kier molecular flexibility index (Phi) is 53.1. The summed E-state index contributed by atoms with van der Waals surface area (Å²) in [5.74, 6) is -2.95. The van der Waals surface area contributed by atoms with Crippen molar-refractivity contribution in [3.63, 3.8) is 0 Å². The van der Waals surface area contributed by atoms with Gasteiger partial charge in [0.2, 0.25) is 47.8 Å². The first-order valence-corrected chi connectivity index (χ1v) is 52.8. The third-order valence-corrected chi connectivity index (χ3v) is 27.5. The number of carbonyl (C=O) groups is 9. The number of hydrazine groups is 3. The molecule has 0 radical (unpaired) electrons. The molecular weight excluding hydrogens is 1820 g/mol. The minimum atomic E-state index is -3.99. The number of likely N-dealkylation sites (N-methyl/N-ethyl adjacent to an activating group) is 1. The highest BCUT2D eigenvalue weighted by Crippen LogP contribution is 2.27. The Labute approximate surface area is 822 Å². The first-order chi connectivity index (χ1) is 65.2. The van der Waals surface area contributed by atoms with E-state index in [1.807, 2.05) is 195 Å². The summed E-state index contributed by atoms with van der Waals surface area (Å²) in [6.07, 6.45) is 5.26. The van der Waals surface area contributed by atoms with Crippen LogP contribution < -0.4 is 32.2 Å². The van der Waals surface area contributed by atoms with Crippen LogP contribution in [0, 0.1) is 17.8 Å². The van der Waals surface area contributed by atoms with Crippen LogP contribution in [0.2, 0.25) is 0 Å². The zero-order chi connectivity index (χ0) is 103. The molecule has 6 rings (SSSR count). The molecule has 138 heavy (non-hydrogen) atoms. The molecule has 0 saturated heterocycles. The van der Waals surface area contributed by atoms with Gasteiger partial charge in [-0.25, -0.2) is 53.2 Å². The van der Waals surface area contributed by atoms with Gasteiger partial charge in [-0.15, -0.1) is 0 Å². The molecule has 0 aliphatic heterocycles. The van der Waals surface area contributed by atoms with Gasteiger partial charge >= 0.3 is 0 Å². The van der Waals surface area contributed by atoms with Gasteiger partial charge in [0.1, 0.15) is 0 Å². The molecule has 6 aromatic carbocycles. The summed E-state index contributed by atoms with van der Waals surface area (Å²) in [7, 11) is -3.64. The lowest BCUT2D eigenvalue weighted by Crippen LogP contribution is -2.53. The number of nitrogens with one attached hydrogen (secondary N) is 6. The number of benzene rings is 6. The van der Waals surface area contributed by atoms with Gasteiger partial charge in [0.25, 0.3) is 35.4 Å². The van der Waals surface area contributed by atoms with Crippen LogP contribution in [0.4, 0.5) is 0 Å². The lowest BCUT2D eigenvalue weighted by atomic mass is 10.00. The fourth-order valence-corrected chi connectivity index (χ4v) is 18.0. The summed E-state index contributed by atoms with van der Waals surface area (Å²) in [4.78, 5) is 124. The van der Waals surface area contributed by atoms with E-state index in [0.717, 1.165) is 87.4 Å². The topological polar surface area (TPSA) is 418 Å². The van der Waals surface area contributed by atoms with Crippen LogP contribution in [0.3, 0.4) is 0 Å². The summed E-state index contributed by atoms with van der Waals surface area (Å²) in [5, 5.41) is 48.1. The fourth-order valence-electron chi connectivity index (χ4n) is 15.1. The predicted octanol–water partition coefficient (Wildman–Crippen LogP) is 11.1. The molecule has 36 heteroatoms. The van der Waals surface area contributed by atoms with Gasteiger partial charge in [0.05, 0.1) is 51.1 Å². The number of carbonyl (C=O) groups excluding carboxylic acids is 9. The van der Waals surface area contributed by atoms with Crippen molar-refractivity contribution in [3.8, 4) is 0 Å². The maximum atomic E-state index is 13.9. The summed E-state index contributed by atoms with van der Waals surface area (Å²) >= 11 is 0. The molecule has 9 N–H and O–H groups in total. The van der Waals surface area contributed by atoms with Crippen molar-refractivity contribution < 1.29 is 83.7 Å². The maximum absolute atomic E-state index is 13.9. The SMILES string of the molecule is CCCCN(CC(O)C(Cc1ccccc1)NC(=O)c1cc(C(=O)N(CCC)CCC)cc(S(=O)(=O)N(C)C)c1)NC(=O)CC(C)C.CCCN(CC(O)C(Cc1ccccc1)NC(=O)c1cc(C(=O)N(CCC)CCC)cc(S(=O)(=O)N(C)C)c1)NC(=O)CC(C)C.CCCN(CCC)C(=O)c1cc(C(=O)NC(Cc2ccccc2)C(O)CN(CC)NC(=O)CC(C)C)cc(S(=O)(=O)N(C)C)c1. The molecule has 0 fully saturated rings. The number of sulfonamides is 3. The number of hydrogen-bond acceptors (Lipinski definition) is 21. The molecule has 0 aliphatic rings. The van der Waals surface area contributed by atoms with E-state index in [1.165, 1.54) is 96.9 Å². The highest BCUT2D eigenvalue weighted by Gasteiger charge is 2.34. The number of aliphatic hydroxyl groups is 3. The van der Waals surface area contributed by atoms with Crippen LogP contribution in [0.15, 0.2) is 160 Å². The van der Waals surface area contributed by atoms with E-state index in [0.29, 0.717) is 78.2 Å². The molecular formula is C102H159N15O18S3. The van der Waals surface area contributed by atoms with E-state index >= 15 is 0 Å². The van der Waals surface area contributed by atoms with Gasteiger partial charge in [0, 0.05) is 173 Å². The molecule has 0 spiro atoms. The van der Waals surface area contributed by atoms with Crippen molar-refractivity contribution in [3.05, 3.63) is 196 Å². The van der Waals surface area contributed by atoms with Crippen LogP contribution in [0.25, 0.3) is 0 Å². The molecule has 33 nitrogen and oxygen atoms in total. The highest BCUT2D eigenvalue weighted by atomic mass is 32.2. The third-order valence-electron chi connectivity index (χ3n) is 22.2. The van der Waals surface area contributed by atoms with Crippen LogP contribution in [0.1, 0.15) is 260 Å². The lowest BCUT2D eigenvalue weighted by molar-refractivity contribution is -0.128. The maximum Gasteiger partial charge on any atom is 0.253 e. The molecule has 0 saturated carbocycles. The first-order valence-electron chi connectivity index (χ1n) is 48.5. The Balaban J connectivity index is 0.000000432. The summed E-state index contributed by atoms with van der Waals surface area (Å²) < 4.78 is 82.3. The molecule has 0 heterocycles. The number of amides is 9. The van der Waals surface area contributed by atoms with Gasteiger partial charge in [-0.1, -0.05) is 201 Å². The van der Waals surface area contributed by atoms with Crippen LogP contribution >= 0.6 is 0 Å². The number of unbranched alkanes of at least 4 members (excludes halogenated alkanes) is 1. The van der Waals surface area contributed by atoms with Crippen molar-refractivity contribution in [1.82, 2.24) is 74.9 Å². The first kappa shape index (κ1) is 120. The van der Waals surface area contributed by atoms with Gasteiger partial charge < -0.3 is 46.0 Å². The molecule has 6 unspecified atom stereocenters. The van der Waals surface area contributed by atoms with Crippen molar-refractivity contribution in [1.29, 1.82) is 0 Å². The molecule has 6 aromatic rings. The van der Waals surface area contributed by atoms with E-state index in [-0.39, 0.29) is 140 Å². The largest absolute Gasteiger partial charge is 0.390 e. The van der Waals surface area contributed by atoms with E-state index < -0.39 is 84.2 Å². The standard InChI is InChI=1S/C35H55N5O6S.C34H53N5O6S.C33H51N5O6S/c1-8-11-19-40(37-33(42)20-26(4)5)25-32(41)31(21-27-15-13-12-14-16-27)36-34(43)28-22-29(35(44)39(17-9-2)18-10-3)24-30(23-28)47(45,46)38(6)7;1-8-16-38(17-9-2)34(43)28-21-27(22-29(23-28)46(44,45)37(6)7)33(42)35-30(20-26-14-12-11-13-15-26)31(40)24-39(18-10-3)36-32(41)19-25(4)5;1-8-16-37(17-9-2)33(42)27-20-26(21-28(22-27)45(43,44)36(6)7)32(41)34-29(19-25-14-12-11-13-15-25)30(39)23-38(10-3)35-31(40)18-24(4)5/h12-16,22-24,26,31-32,41H,8-11,17-21,25H2,1-7H3,(H,36,43)(H,37,42);11-15,21-23,25,30-31,40H,8-10,16-20,24H2,1-7H3,(H,35,42)(H,36,41);11-15,20-22,24,29-30,39H,8-10,16-19,23H2,1-7H3,(H,34,41)(H,35,40). The smallest absolute Gasteiger partial charge is 0.253 e. The van der Waals surface area contributed by atoms with Gasteiger partial charge in [-0.3, -0.25) is 59.4 Å². The summed E-state index contributed by atoms with van der Waals surface area (Å²) in [6.45, 7) is 33.8. The second-order valence-electron chi connectivity index (χ2n) is 36.7. The third kappa shape index (κ3) is 40.3. The molecule has 768 valence electrons. The van der Waals surface area contributed by atoms with Gasteiger partial charge in [0.15, 0.2) is 0 Å². The monoisotopic (exact) mass is 1980 g/mol. The van der Waals surface area contributed by atoms with E-state index in [1.54, 1.807) is 29.7 Å². The normalized spacial score (nSPS) is 13.1. The Morgan fingerprint density at radius 2 is 0.536 bits per heavy atom. The molecule has 9 amide bonds. The van der Waals surface area contributed by atoms with E-state index in [2.05, 4.69) is 32.2 Å². The molecule has 0 bridgehead atoms. The van der Waals surface area contributed by atoms with Crippen LogP contribution in [-0.2, 0) is 63.7 Å². The van der Waals surface area contributed by atoms with Gasteiger partial charge in [-0.2, -0.15) is 0 Å². The van der Waals surface area contributed by atoms with Crippen LogP contribution in [0.5, 0.6) is 0 Å². The van der Waals surface area contributed by atoms with Crippen molar-refractivity contribution >= 4 is 83.2 Å². The lowest BCUT2D eigenvalue weighted by Gasteiger charge is -2.31. The predicted molar refractivity (Wildman–Crippen MR) is 542 cm³/mol. The minimum absolute atomic E-state index is 0.0115. The fraction of sp³-hybridized carbons (Fsp3) is 0.559. The van der Waals surface area contributed by atoms with Crippen LogP contribution in [-0.4, -0.2) is 294 Å². The Bertz CT molecular complexity index is 5140. The Morgan fingerprint density at radius 3 is 0.761 bits per heavy atom. The Morgan fingerprint density at radius 1 is 0.304 bits per heavy atom. The Hall–Kier alpha value is -9.96. The second kappa shape index (κ2) is 60.9. The summed E-state index contributed by atoms with van der Waals surface area (Å²) in [5.41, 5.74) is 11.5. The van der Waals surface area contributed by atoms with Crippen molar-refractivity contribution in [2.45, 2.75) is 251 Å². The average molecular weight is 1980 g/mol. The molecule has 0 aliphatic carbocycles. The molecule has 0 aromatic heterocycles. The summed E-state index contributed by atoms with van der Waals surface area (Å²) in [6, 6.07) is 37.6. The zero-order valence-electron chi connectivity index (χ0n) is 85.4. The van der Waals surface area contributed by atoms with E-state index in [4.69, 9.17) is 0 Å². The number of nitrogens with zero attached hydrogens (tertiary/aromatic N) is 9. The number of aliphatic hydroxyl groups excluding tert-OH is 3. The minimum Gasteiger partial charge on any atom is -0.390 e. The van der Waals surface area contributed by atoms with E-state index in [9.17, 15) is 83.7 Å². The van der Waals surface area contributed by atoms with Gasteiger partial charge in [-0.05, 0) is 160 Å². The molecule has 6 atom stereocenters. The highest BCUT2D eigenvalue weighted by molar-refractivity contribution is 7.89. The average Bonchev–Trinajstić information content (AvgIpc) is 0.796.